The van der Waals surface area contributed by atoms with Gasteiger partial charge in [0.25, 0.3) is 0 Å². The van der Waals surface area contributed by atoms with E-state index in [1.807, 2.05) is 0 Å². The lowest BCUT2D eigenvalue weighted by Gasteiger charge is -2.25. The molecule has 1 saturated carbocycles. The quantitative estimate of drug-likeness (QED) is 0.771. The molecule has 1 aromatic rings. The fourth-order valence-corrected chi connectivity index (χ4v) is 2.82. The molecule has 0 saturated heterocycles. The molecule has 0 spiro atoms. The first-order chi connectivity index (χ1) is 6.34. The maximum absolute atomic E-state index is 5.87. The third-order valence-corrected chi connectivity index (χ3v) is 3.73. The Hall–Kier alpha value is -0.340. The van der Waals surface area contributed by atoms with Gasteiger partial charge in [0.15, 0.2) is 0 Å². The zero-order chi connectivity index (χ0) is 9.10. The molecular weight excluding hydrogens is 178 g/mol. The summed E-state index contributed by atoms with van der Waals surface area (Å²) in [5.41, 5.74) is 7.39. The van der Waals surface area contributed by atoms with Gasteiger partial charge in [-0.15, -0.1) is 0 Å². The molecule has 0 amide bonds. The zero-order valence-electron chi connectivity index (χ0n) is 7.91. The van der Waals surface area contributed by atoms with Gasteiger partial charge in [-0.05, 0) is 60.4 Å². The van der Waals surface area contributed by atoms with Crippen LogP contribution in [0, 0.1) is 5.92 Å². The van der Waals surface area contributed by atoms with E-state index in [4.69, 9.17) is 5.73 Å². The summed E-state index contributed by atoms with van der Waals surface area (Å²) in [7, 11) is 0. The SMILES string of the molecule is NC1CCC(Cc2ccsc2)CC1. The lowest BCUT2D eigenvalue weighted by molar-refractivity contribution is 0.325. The van der Waals surface area contributed by atoms with Crippen molar-refractivity contribution in [3.8, 4) is 0 Å². The molecule has 1 fully saturated rings. The van der Waals surface area contributed by atoms with Crippen LogP contribution >= 0.6 is 11.3 Å². The molecule has 1 aliphatic carbocycles. The van der Waals surface area contributed by atoms with Crippen LogP contribution in [0.3, 0.4) is 0 Å². The van der Waals surface area contributed by atoms with Crippen molar-refractivity contribution in [2.75, 3.05) is 0 Å². The van der Waals surface area contributed by atoms with Crippen molar-refractivity contribution in [1.82, 2.24) is 0 Å². The second-order valence-electron chi connectivity index (χ2n) is 4.12. The van der Waals surface area contributed by atoms with Crippen LogP contribution in [0.25, 0.3) is 0 Å². The Kier molecular flexibility index (Phi) is 3.01. The molecule has 0 bridgehead atoms. The van der Waals surface area contributed by atoms with E-state index in [1.54, 1.807) is 11.3 Å². The molecule has 72 valence electrons. The topological polar surface area (TPSA) is 26.0 Å². The standard InChI is InChI=1S/C11H17NS/c12-11-3-1-9(2-4-11)7-10-5-6-13-8-10/h5-6,8-9,11H,1-4,7,12H2. The number of hydrogen-bond donors (Lipinski definition) is 1. The van der Waals surface area contributed by atoms with Crippen molar-refractivity contribution >= 4 is 11.3 Å². The van der Waals surface area contributed by atoms with Gasteiger partial charge in [0.1, 0.15) is 0 Å². The summed E-state index contributed by atoms with van der Waals surface area (Å²) in [6.45, 7) is 0. The van der Waals surface area contributed by atoms with E-state index >= 15 is 0 Å². The minimum Gasteiger partial charge on any atom is -0.328 e. The Bertz CT molecular complexity index is 235. The van der Waals surface area contributed by atoms with Crippen molar-refractivity contribution in [1.29, 1.82) is 0 Å². The lowest BCUT2D eigenvalue weighted by atomic mass is 9.83. The summed E-state index contributed by atoms with van der Waals surface area (Å²) >= 11 is 1.80. The van der Waals surface area contributed by atoms with Gasteiger partial charge < -0.3 is 5.73 Å². The first kappa shape index (κ1) is 9.22. The third-order valence-electron chi connectivity index (χ3n) is 3.00. The summed E-state index contributed by atoms with van der Waals surface area (Å²) in [6.07, 6.45) is 6.40. The van der Waals surface area contributed by atoms with E-state index in [0.717, 1.165) is 5.92 Å². The Morgan fingerprint density at radius 3 is 2.69 bits per heavy atom. The number of hydrogen-bond acceptors (Lipinski definition) is 2. The molecular formula is C11H17NS. The van der Waals surface area contributed by atoms with Crippen LogP contribution in [0.15, 0.2) is 16.8 Å². The van der Waals surface area contributed by atoms with E-state index in [0.29, 0.717) is 6.04 Å². The van der Waals surface area contributed by atoms with Crippen molar-refractivity contribution < 1.29 is 0 Å². The third kappa shape index (κ3) is 2.55. The monoisotopic (exact) mass is 195 g/mol. The molecule has 2 rings (SSSR count). The van der Waals surface area contributed by atoms with Crippen LogP contribution in [-0.2, 0) is 6.42 Å². The summed E-state index contributed by atoms with van der Waals surface area (Å²) in [4.78, 5) is 0. The maximum atomic E-state index is 5.87. The highest BCUT2D eigenvalue weighted by Crippen LogP contribution is 2.26. The van der Waals surface area contributed by atoms with E-state index in [2.05, 4.69) is 16.8 Å². The predicted molar refractivity (Wildman–Crippen MR) is 58.0 cm³/mol. The molecule has 2 heteroatoms. The second kappa shape index (κ2) is 4.25. The largest absolute Gasteiger partial charge is 0.328 e. The predicted octanol–water partition coefficient (Wildman–Crippen LogP) is 2.81. The molecule has 0 atom stereocenters. The maximum Gasteiger partial charge on any atom is 0.00390 e. The number of nitrogens with two attached hydrogens (primary N) is 1. The molecule has 2 N–H and O–H groups in total. The fourth-order valence-electron chi connectivity index (χ4n) is 2.13. The van der Waals surface area contributed by atoms with Crippen LogP contribution in [0.1, 0.15) is 31.2 Å². The zero-order valence-corrected chi connectivity index (χ0v) is 8.72. The first-order valence-corrected chi connectivity index (χ1v) is 6.05. The first-order valence-electron chi connectivity index (χ1n) is 5.11. The molecule has 1 aliphatic rings. The van der Waals surface area contributed by atoms with Gasteiger partial charge in [0.05, 0.1) is 0 Å². The van der Waals surface area contributed by atoms with Crippen LogP contribution in [0.5, 0.6) is 0 Å². The minimum atomic E-state index is 0.485. The van der Waals surface area contributed by atoms with Crippen molar-refractivity contribution in [3.63, 3.8) is 0 Å². The molecule has 0 aliphatic heterocycles. The average molecular weight is 195 g/mol. The van der Waals surface area contributed by atoms with Crippen LogP contribution < -0.4 is 5.73 Å². The average Bonchev–Trinajstić information content (AvgIpc) is 2.62. The highest BCUT2D eigenvalue weighted by atomic mass is 32.1. The molecule has 1 aromatic heterocycles. The Morgan fingerprint density at radius 2 is 2.08 bits per heavy atom. The van der Waals surface area contributed by atoms with E-state index in [9.17, 15) is 0 Å². The molecule has 1 heterocycles. The molecule has 13 heavy (non-hydrogen) atoms. The summed E-state index contributed by atoms with van der Waals surface area (Å²) in [5, 5.41) is 4.44. The van der Waals surface area contributed by atoms with Gasteiger partial charge in [0.2, 0.25) is 0 Å². The molecule has 0 unspecified atom stereocenters. The molecule has 0 aromatic carbocycles. The fraction of sp³-hybridized carbons (Fsp3) is 0.636. The van der Waals surface area contributed by atoms with Gasteiger partial charge >= 0.3 is 0 Å². The van der Waals surface area contributed by atoms with Crippen molar-refractivity contribution in [2.45, 2.75) is 38.1 Å². The molecule has 1 nitrogen and oxygen atoms in total. The van der Waals surface area contributed by atoms with Crippen LogP contribution in [0.4, 0.5) is 0 Å². The lowest BCUT2D eigenvalue weighted by Crippen LogP contribution is -2.27. The number of thiophene rings is 1. The van der Waals surface area contributed by atoms with Gasteiger partial charge in [-0.2, -0.15) is 11.3 Å². The second-order valence-corrected chi connectivity index (χ2v) is 4.90. The summed E-state index contributed by atoms with van der Waals surface area (Å²) in [6, 6.07) is 2.73. The van der Waals surface area contributed by atoms with Crippen molar-refractivity contribution in [3.05, 3.63) is 22.4 Å². The van der Waals surface area contributed by atoms with Gasteiger partial charge in [0, 0.05) is 6.04 Å². The number of rotatable bonds is 2. The van der Waals surface area contributed by atoms with E-state index in [1.165, 1.54) is 37.7 Å². The normalized spacial score (nSPS) is 29.0. The summed E-state index contributed by atoms with van der Waals surface area (Å²) in [5.74, 6) is 0.898. The summed E-state index contributed by atoms with van der Waals surface area (Å²) < 4.78 is 0. The highest BCUT2D eigenvalue weighted by molar-refractivity contribution is 7.07. The van der Waals surface area contributed by atoms with Gasteiger partial charge in [-0.25, -0.2) is 0 Å². The van der Waals surface area contributed by atoms with Crippen molar-refractivity contribution in [2.24, 2.45) is 11.7 Å². The van der Waals surface area contributed by atoms with Crippen LogP contribution in [0.2, 0.25) is 0 Å². The van der Waals surface area contributed by atoms with Gasteiger partial charge in [-0.3, -0.25) is 0 Å². The van der Waals surface area contributed by atoms with E-state index < -0.39 is 0 Å². The van der Waals surface area contributed by atoms with E-state index in [-0.39, 0.29) is 0 Å². The molecule has 0 radical (unpaired) electrons. The minimum absolute atomic E-state index is 0.485. The smallest absolute Gasteiger partial charge is 0.00390 e. The Labute approximate surface area is 84.0 Å². The Balaban J connectivity index is 1.83. The Morgan fingerprint density at radius 1 is 1.31 bits per heavy atom. The highest BCUT2D eigenvalue weighted by Gasteiger charge is 2.18. The van der Waals surface area contributed by atoms with Gasteiger partial charge in [-0.1, -0.05) is 0 Å². The van der Waals surface area contributed by atoms with Crippen LogP contribution in [-0.4, -0.2) is 6.04 Å².